The molecule has 94 valence electrons. The monoisotopic (exact) mass is 250 g/mol. The molecule has 0 spiro atoms. The first-order valence-electron chi connectivity index (χ1n) is 7.09. The van der Waals surface area contributed by atoms with Crippen molar-refractivity contribution in [3.8, 4) is 0 Å². The van der Waals surface area contributed by atoms with Gasteiger partial charge in [-0.25, -0.2) is 0 Å². The van der Waals surface area contributed by atoms with Crippen LogP contribution in [0.3, 0.4) is 0 Å². The molecule has 1 nitrogen and oxygen atoms in total. The summed E-state index contributed by atoms with van der Waals surface area (Å²) in [4.78, 5) is 1.53. The molecule has 0 saturated heterocycles. The van der Waals surface area contributed by atoms with Crippen LogP contribution in [0.4, 0.5) is 0 Å². The second kappa shape index (κ2) is 5.11. The maximum atomic E-state index is 10.5. The molecule has 2 atom stereocenters. The SMILES string of the molecule is OC(CC1CCCC1)C1CCCc2sccc21. The van der Waals surface area contributed by atoms with Gasteiger partial charge < -0.3 is 5.11 Å². The van der Waals surface area contributed by atoms with E-state index in [-0.39, 0.29) is 6.10 Å². The summed E-state index contributed by atoms with van der Waals surface area (Å²) in [6.07, 6.45) is 10.1. The number of aliphatic hydroxyl groups is 1. The number of hydrogen-bond donors (Lipinski definition) is 1. The zero-order valence-electron chi connectivity index (χ0n) is 10.4. The summed E-state index contributed by atoms with van der Waals surface area (Å²) in [5, 5.41) is 12.7. The summed E-state index contributed by atoms with van der Waals surface area (Å²) in [5.41, 5.74) is 1.46. The van der Waals surface area contributed by atoms with Crippen molar-refractivity contribution in [1.29, 1.82) is 0 Å². The highest BCUT2D eigenvalue weighted by Gasteiger charge is 2.29. The van der Waals surface area contributed by atoms with Crippen molar-refractivity contribution in [3.63, 3.8) is 0 Å². The maximum absolute atomic E-state index is 10.5. The fourth-order valence-electron chi connectivity index (χ4n) is 3.67. The molecule has 1 saturated carbocycles. The fourth-order valence-corrected chi connectivity index (χ4v) is 4.67. The van der Waals surface area contributed by atoms with Gasteiger partial charge in [-0.15, -0.1) is 11.3 Å². The Labute approximate surface area is 108 Å². The predicted molar refractivity (Wildman–Crippen MR) is 72.6 cm³/mol. The topological polar surface area (TPSA) is 20.2 Å². The average molecular weight is 250 g/mol. The Morgan fingerprint density at radius 1 is 1.24 bits per heavy atom. The standard InChI is InChI=1S/C15H22OS/c16-14(10-11-4-1-2-5-11)12-6-3-7-15-13(12)8-9-17-15/h8-9,11-12,14,16H,1-7,10H2. The molecule has 1 aromatic rings. The third-order valence-corrected chi connectivity index (χ3v) is 5.61. The normalized spacial score (nSPS) is 27.0. The van der Waals surface area contributed by atoms with E-state index < -0.39 is 0 Å². The molecule has 2 unspecified atom stereocenters. The summed E-state index contributed by atoms with van der Waals surface area (Å²) < 4.78 is 0. The van der Waals surface area contributed by atoms with Crippen molar-refractivity contribution in [2.45, 2.75) is 63.4 Å². The number of thiophene rings is 1. The molecule has 0 radical (unpaired) electrons. The quantitative estimate of drug-likeness (QED) is 0.856. The highest BCUT2D eigenvalue weighted by molar-refractivity contribution is 7.10. The third kappa shape index (κ3) is 2.43. The third-order valence-electron chi connectivity index (χ3n) is 4.61. The van der Waals surface area contributed by atoms with E-state index in [4.69, 9.17) is 0 Å². The summed E-state index contributed by atoms with van der Waals surface area (Å²) in [5.74, 6) is 1.24. The summed E-state index contributed by atoms with van der Waals surface area (Å²) in [7, 11) is 0. The summed E-state index contributed by atoms with van der Waals surface area (Å²) >= 11 is 1.88. The Kier molecular flexibility index (Phi) is 3.53. The Balaban J connectivity index is 1.68. The largest absolute Gasteiger partial charge is 0.392 e. The van der Waals surface area contributed by atoms with Crippen LogP contribution in [0.1, 0.15) is 61.3 Å². The van der Waals surface area contributed by atoms with Crippen molar-refractivity contribution in [2.75, 3.05) is 0 Å². The van der Waals surface area contributed by atoms with Crippen molar-refractivity contribution in [2.24, 2.45) is 5.92 Å². The molecular formula is C15H22OS. The first kappa shape index (κ1) is 11.7. The van der Waals surface area contributed by atoms with Crippen LogP contribution in [0, 0.1) is 5.92 Å². The van der Waals surface area contributed by atoms with Gasteiger partial charge in [-0.2, -0.15) is 0 Å². The van der Waals surface area contributed by atoms with Crippen molar-refractivity contribution < 1.29 is 5.11 Å². The van der Waals surface area contributed by atoms with Gasteiger partial charge in [0.2, 0.25) is 0 Å². The lowest BCUT2D eigenvalue weighted by Crippen LogP contribution is -2.24. The van der Waals surface area contributed by atoms with Crippen LogP contribution in [0.15, 0.2) is 11.4 Å². The van der Waals surface area contributed by atoms with E-state index in [1.54, 1.807) is 0 Å². The van der Waals surface area contributed by atoms with Gasteiger partial charge >= 0.3 is 0 Å². The smallest absolute Gasteiger partial charge is 0.0611 e. The van der Waals surface area contributed by atoms with Crippen molar-refractivity contribution in [1.82, 2.24) is 0 Å². The summed E-state index contributed by atoms with van der Waals surface area (Å²) in [6, 6.07) is 2.25. The lowest BCUT2D eigenvalue weighted by atomic mass is 9.80. The Bertz CT molecular complexity index is 365. The minimum Gasteiger partial charge on any atom is -0.392 e. The van der Waals surface area contributed by atoms with E-state index in [0.29, 0.717) is 5.92 Å². The zero-order chi connectivity index (χ0) is 11.7. The zero-order valence-corrected chi connectivity index (χ0v) is 11.2. The molecule has 1 aromatic heterocycles. The van der Waals surface area contributed by atoms with E-state index in [0.717, 1.165) is 12.3 Å². The van der Waals surface area contributed by atoms with Gasteiger partial charge in [-0.1, -0.05) is 25.7 Å². The number of fused-ring (bicyclic) bond motifs is 1. The molecule has 0 amide bonds. The average Bonchev–Trinajstić information content (AvgIpc) is 2.97. The van der Waals surface area contributed by atoms with E-state index in [1.807, 2.05) is 11.3 Å². The van der Waals surface area contributed by atoms with Gasteiger partial charge in [0.05, 0.1) is 6.10 Å². The van der Waals surface area contributed by atoms with Gasteiger partial charge in [0.25, 0.3) is 0 Å². The van der Waals surface area contributed by atoms with Crippen LogP contribution in [0.2, 0.25) is 0 Å². The highest BCUT2D eigenvalue weighted by Crippen LogP contribution is 2.40. The molecule has 2 aliphatic rings. The molecule has 0 bridgehead atoms. The minimum atomic E-state index is -0.0910. The van der Waals surface area contributed by atoms with E-state index in [1.165, 1.54) is 55.4 Å². The van der Waals surface area contributed by atoms with Gasteiger partial charge in [-0.05, 0) is 48.6 Å². The number of rotatable bonds is 3. The number of aliphatic hydroxyl groups excluding tert-OH is 1. The minimum absolute atomic E-state index is 0.0910. The Morgan fingerprint density at radius 3 is 2.88 bits per heavy atom. The van der Waals surface area contributed by atoms with E-state index >= 15 is 0 Å². The van der Waals surface area contributed by atoms with Gasteiger partial charge in [0.1, 0.15) is 0 Å². The van der Waals surface area contributed by atoms with Crippen LogP contribution >= 0.6 is 11.3 Å². The number of hydrogen-bond acceptors (Lipinski definition) is 2. The molecule has 1 fully saturated rings. The van der Waals surface area contributed by atoms with E-state index in [9.17, 15) is 5.11 Å². The van der Waals surface area contributed by atoms with Crippen LogP contribution in [0.5, 0.6) is 0 Å². The van der Waals surface area contributed by atoms with Gasteiger partial charge in [0, 0.05) is 10.8 Å². The van der Waals surface area contributed by atoms with Crippen LogP contribution in [-0.2, 0) is 6.42 Å². The molecule has 3 rings (SSSR count). The van der Waals surface area contributed by atoms with Crippen LogP contribution in [0.25, 0.3) is 0 Å². The van der Waals surface area contributed by atoms with Crippen molar-refractivity contribution >= 4 is 11.3 Å². The Morgan fingerprint density at radius 2 is 2.06 bits per heavy atom. The molecule has 2 aliphatic carbocycles. The molecule has 2 heteroatoms. The predicted octanol–water partition coefficient (Wildman–Crippen LogP) is 4.11. The van der Waals surface area contributed by atoms with E-state index in [2.05, 4.69) is 11.4 Å². The highest BCUT2D eigenvalue weighted by atomic mass is 32.1. The lowest BCUT2D eigenvalue weighted by molar-refractivity contribution is 0.107. The molecule has 1 heterocycles. The first-order valence-corrected chi connectivity index (χ1v) is 7.97. The molecule has 0 aromatic carbocycles. The maximum Gasteiger partial charge on any atom is 0.0611 e. The fraction of sp³-hybridized carbons (Fsp3) is 0.733. The second-order valence-electron chi connectivity index (χ2n) is 5.75. The summed E-state index contributed by atoms with van der Waals surface area (Å²) in [6.45, 7) is 0. The van der Waals surface area contributed by atoms with Crippen LogP contribution in [-0.4, -0.2) is 11.2 Å². The molecular weight excluding hydrogens is 228 g/mol. The molecule has 1 N–H and O–H groups in total. The first-order chi connectivity index (χ1) is 8.34. The lowest BCUT2D eigenvalue weighted by Gasteiger charge is -2.28. The van der Waals surface area contributed by atoms with Crippen LogP contribution < -0.4 is 0 Å². The van der Waals surface area contributed by atoms with Crippen molar-refractivity contribution in [3.05, 3.63) is 21.9 Å². The second-order valence-corrected chi connectivity index (χ2v) is 6.75. The molecule has 17 heavy (non-hydrogen) atoms. The number of aryl methyl sites for hydroxylation is 1. The molecule has 0 aliphatic heterocycles. The Hall–Kier alpha value is -0.340. The van der Waals surface area contributed by atoms with Gasteiger partial charge in [-0.3, -0.25) is 0 Å². The van der Waals surface area contributed by atoms with Gasteiger partial charge in [0.15, 0.2) is 0 Å².